The summed E-state index contributed by atoms with van der Waals surface area (Å²) in [6.45, 7) is 3.38. The molecule has 2 aromatic carbocycles. The molecule has 0 radical (unpaired) electrons. The van der Waals surface area contributed by atoms with E-state index in [2.05, 4.69) is 0 Å². The fraction of sp³-hybridized carbons (Fsp3) is 0.118. The molecule has 0 saturated carbocycles. The molecule has 0 aliphatic heterocycles. The predicted molar refractivity (Wildman–Crippen MR) is 92.9 cm³/mol. The van der Waals surface area contributed by atoms with Crippen molar-refractivity contribution in [2.45, 2.75) is 18.7 Å². The Morgan fingerprint density at radius 2 is 1.77 bits per heavy atom. The second-order valence-electron chi connectivity index (χ2n) is 5.56. The Labute approximate surface area is 147 Å². The largest absolute Gasteiger partial charge is 0.422 e. The van der Waals surface area contributed by atoms with Crippen molar-refractivity contribution in [3.8, 4) is 5.75 Å². The van der Waals surface area contributed by atoms with Gasteiger partial charge in [0, 0.05) is 23.1 Å². The van der Waals surface area contributed by atoms with Crippen molar-refractivity contribution in [2.24, 2.45) is 0 Å². The molecule has 26 heavy (non-hydrogen) atoms. The number of fused-ring (bicyclic) bond motifs is 1. The first kappa shape index (κ1) is 17.6. The molecule has 0 N–H and O–H groups in total. The van der Waals surface area contributed by atoms with Crippen LogP contribution in [0.15, 0.2) is 56.6 Å². The minimum Gasteiger partial charge on any atom is -0.422 e. The Balaban J connectivity index is 2.07. The maximum Gasteiger partial charge on any atom is 0.346 e. The maximum absolute atomic E-state index is 12.4. The Hall–Kier alpha value is -3.20. The molecule has 0 atom stereocenters. The molecule has 0 aliphatic rings. The molecule has 1 heterocycles. The summed E-state index contributed by atoms with van der Waals surface area (Å²) in [6, 6.07) is 9.08. The first-order chi connectivity index (χ1) is 12.2. The maximum atomic E-state index is 12.4. The zero-order chi connectivity index (χ0) is 19.1. The van der Waals surface area contributed by atoms with Crippen LogP contribution >= 0.6 is 0 Å². The predicted octanol–water partition coefficient (Wildman–Crippen LogP) is 3.09. The number of para-hydroxylation sites is 1. The molecule has 0 bridgehead atoms. The van der Waals surface area contributed by atoms with Crippen LogP contribution < -0.4 is 9.81 Å². The zero-order valence-corrected chi connectivity index (χ0v) is 14.6. The third-order valence-corrected chi connectivity index (χ3v) is 5.26. The SMILES string of the molecule is Cc1c(C)c2ccc(OS(=O)(=O)c3ccccc3[N+](=O)[O-])cc2oc1=O. The highest BCUT2D eigenvalue weighted by atomic mass is 32.2. The molecule has 3 rings (SSSR count). The Kier molecular flexibility index (Phi) is 4.25. The third kappa shape index (κ3) is 3.04. The van der Waals surface area contributed by atoms with Crippen LogP contribution in [0.1, 0.15) is 11.1 Å². The molecule has 0 unspecified atom stereocenters. The van der Waals surface area contributed by atoms with Crippen molar-refractivity contribution in [2.75, 3.05) is 0 Å². The summed E-state index contributed by atoms with van der Waals surface area (Å²) >= 11 is 0. The van der Waals surface area contributed by atoms with E-state index in [1.165, 1.54) is 24.3 Å². The summed E-state index contributed by atoms with van der Waals surface area (Å²) in [5.74, 6) is -0.123. The van der Waals surface area contributed by atoms with E-state index in [9.17, 15) is 23.3 Å². The quantitative estimate of drug-likeness (QED) is 0.298. The average Bonchev–Trinajstić information content (AvgIpc) is 2.59. The minimum atomic E-state index is -4.45. The standard InChI is InChI=1S/C17H13NO7S/c1-10-11(2)17(19)24-15-9-12(7-8-13(10)15)25-26(22,23)16-6-4-3-5-14(16)18(20)21/h3-9H,1-2H3. The monoisotopic (exact) mass is 375 g/mol. The molecule has 1 aromatic heterocycles. The number of hydrogen-bond acceptors (Lipinski definition) is 7. The van der Waals surface area contributed by atoms with Crippen molar-refractivity contribution in [3.05, 3.63) is 74.1 Å². The highest BCUT2D eigenvalue weighted by Gasteiger charge is 2.27. The lowest BCUT2D eigenvalue weighted by Gasteiger charge is -2.09. The number of benzene rings is 2. The second-order valence-corrected chi connectivity index (χ2v) is 7.07. The Morgan fingerprint density at radius 1 is 1.08 bits per heavy atom. The Bertz CT molecular complexity index is 1200. The lowest BCUT2D eigenvalue weighted by Crippen LogP contribution is -2.12. The van der Waals surface area contributed by atoms with Gasteiger partial charge < -0.3 is 8.60 Å². The van der Waals surface area contributed by atoms with Gasteiger partial charge in [0.15, 0.2) is 4.90 Å². The van der Waals surface area contributed by atoms with E-state index >= 15 is 0 Å². The van der Waals surface area contributed by atoms with E-state index in [4.69, 9.17) is 8.60 Å². The topological polar surface area (TPSA) is 117 Å². The van der Waals surface area contributed by atoms with Crippen LogP contribution in [0.5, 0.6) is 5.75 Å². The van der Waals surface area contributed by atoms with E-state index < -0.39 is 31.2 Å². The summed E-state index contributed by atoms with van der Waals surface area (Å²) in [5.41, 5.74) is 0.205. The minimum absolute atomic E-state index is 0.123. The lowest BCUT2D eigenvalue weighted by molar-refractivity contribution is -0.387. The first-order valence-corrected chi connectivity index (χ1v) is 8.83. The van der Waals surface area contributed by atoms with Crippen molar-refractivity contribution in [1.82, 2.24) is 0 Å². The van der Waals surface area contributed by atoms with Gasteiger partial charge in [-0.15, -0.1) is 0 Å². The molecule has 0 fully saturated rings. The summed E-state index contributed by atoms with van der Waals surface area (Å²) in [5, 5.41) is 11.7. The van der Waals surface area contributed by atoms with Gasteiger partial charge in [-0.25, -0.2) is 4.79 Å². The van der Waals surface area contributed by atoms with Crippen molar-refractivity contribution in [1.29, 1.82) is 0 Å². The van der Waals surface area contributed by atoms with Gasteiger partial charge in [0.05, 0.1) is 4.92 Å². The van der Waals surface area contributed by atoms with Gasteiger partial charge in [-0.1, -0.05) is 12.1 Å². The molecule has 0 saturated heterocycles. The van der Waals surface area contributed by atoms with E-state index in [-0.39, 0.29) is 11.3 Å². The third-order valence-electron chi connectivity index (χ3n) is 3.97. The normalized spacial score (nSPS) is 11.5. The molecule has 0 amide bonds. The molecular formula is C17H13NO7S. The van der Waals surface area contributed by atoms with Crippen LogP contribution in [0.2, 0.25) is 0 Å². The van der Waals surface area contributed by atoms with Crippen molar-refractivity contribution < 1.29 is 21.9 Å². The van der Waals surface area contributed by atoms with Gasteiger partial charge in [0.2, 0.25) is 0 Å². The van der Waals surface area contributed by atoms with Gasteiger partial charge >= 0.3 is 15.7 Å². The molecule has 8 nitrogen and oxygen atoms in total. The summed E-state index contributed by atoms with van der Waals surface area (Å²) < 4.78 is 35.0. The number of nitro groups is 1. The summed E-state index contributed by atoms with van der Waals surface area (Å²) in [4.78, 5) is 21.5. The van der Waals surface area contributed by atoms with Crippen LogP contribution in [-0.2, 0) is 10.1 Å². The highest BCUT2D eigenvalue weighted by molar-refractivity contribution is 7.87. The van der Waals surface area contributed by atoms with Gasteiger partial charge in [-0.3, -0.25) is 10.1 Å². The molecule has 9 heteroatoms. The van der Waals surface area contributed by atoms with Gasteiger partial charge in [-0.2, -0.15) is 8.42 Å². The lowest BCUT2D eigenvalue weighted by atomic mass is 10.1. The van der Waals surface area contributed by atoms with E-state index in [1.807, 2.05) is 0 Å². The van der Waals surface area contributed by atoms with Crippen LogP contribution in [0.4, 0.5) is 5.69 Å². The fourth-order valence-corrected chi connectivity index (χ4v) is 3.56. The van der Waals surface area contributed by atoms with Crippen molar-refractivity contribution in [3.63, 3.8) is 0 Å². The Morgan fingerprint density at radius 3 is 2.46 bits per heavy atom. The van der Waals surface area contributed by atoms with Gasteiger partial charge in [0.1, 0.15) is 11.3 Å². The molecule has 3 aromatic rings. The molecule has 0 spiro atoms. The second kappa shape index (κ2) is 6.26. The number of aryl methyl sites for hydroxylation is 1. The highest BCUT2D eigenvalue weighted by Crippen LogP contribution is 2.29. The molecule has 0 aliphatic carbocycles. The smallest absolute Gasteiger partial charge is 0.346 e. The van der Waals surface area contributed by atoms with Crippen LogP contribution in [0.25, 0.3) is 11.0 Å². The number of nitrogens with zero attached hydrogens (tertiary/aromatic N) is 1. The van der Waals surface area contributed by atoms with E-state index in [1.54, 1.807) is 19.9 Å². The van der Waals surface area contributed by atoms with Gasteiger partial charge in [0.25, 0.3) is 5.69 Å². The van der Waals surface area contributed by atoms with E-state index in [0.29, 0.717) is 16.5 Å². The molecular weight excluding hydrogens is 362 g/mol. The number of rotatable bonds is 4. The van der Waals surface area contributed by atoms with Crippen molar-refractivity contribution >= 4 is 26.8 Å². The van der Waals surface area contributed by atoms with Gasteiger partial charge in [-0.05, 0) is 37.6 Å². The zero-order valence-electron chi connectivity index (χ0n) is 13.8. The van der Waals surface area contributed by atoms with Crippen LogP contribution in [-0.4, -0.2) is 13.3 Å². The van der Waals surface area contributed by atoms with Crippen LogP contribution in [0, 0.1) is 24.0 Å². The summed E-state index contributed by atoms with van der Waals surface area (Å²) in [6.07, 6.45) is 0. The summed E-state index contributed by atoms with van der Waals surface area (Å²) in [7, 11) is -4.45. The molecule has 134 valence electrons. The van der Waals surface area contributed by atoms with Crippen LogP contribution in [0.3, 0.4) is 0 Å². The van der Waals surface area contributed by atoms with E-state index in [0.717, 1.165) is 12.1 Å². The number of hydrogen-bond donors (Lipinski definition) is 0. The number of nitro benzene ring substituents is 1. The first-order valence-electron chi connectivity index (χ1n) is 7.42. The fourth-order valence-electron chi connectivity index (χ4n) is 2.47. The average molecular weight is 375 g/mol.